The maximum Gasteiger partial charge on any atom is 0.338 e. The fourth-order valence-corrected chi connectivity index (χ4v) is 4.12. The van der Waals surface area contributed by atoms with Gasteiger partial charge in [0.1, 0.15) is 0 Å². The minimum absolute atomic E-state index is 0.0336. The third-order valence-electron chi connectivity index (χ3n) is 3.85. The Labute approximate surface area is 177 Å². The molecule has 0 unspecified atom stereocenters. The normalized spacial score (nSPS) is 11.4. The number of carbonyl (C=O) groups excluding carboxylic acids is 2. The van der Waals surface area contributed by atoms with Crippen LogP contribution in [0.2, 0.25) is 0 Å². The maximum atomic E-state index is 13.2. The summed E-state index contributed by atoms with van der Waals surface area (Å²) in [6.07, 6.45) is 1.48. The highest BCUT2D eigenvalue weighted by atomic mass is 32.2. The number of carbonyl (C=O) groups is 2. The molecule has 30 heavy (non-hydrogen) atoms. The predicted molar refractivity (Wildman–Crippen MR) is 116 cm³/mol. The summed E-state index contributed by atoms with van der Waals surface area (Å²) in [4.78, 5) is 24.1. The van der Waals surface area contributed by atoms with Crippen LogP contribution in [0.1, 0.15) is 31.1 Å². The van der Waals surface area contributed by atoms with Gasteiger partial charge in [-0.3, -0.25) is 9.10 Å². The number of anilines is 1. The molecule has 0 atom stereocenters. The summed E-state index contributed by atoms with van der Waals surface area (Å²) >= 11 is 0. The van der Waals surface area contributed by atoms with Gasteiger partial charge in [-0.15, -0.1) is 6.58 Å². The lowest BCUT2D eigenvalue weighted by atomic mass is 10.1. The lowest BCUT2D eigenvalue weighted by Gasteiger charge is -2.23. The summed E-state index contributed by atoms with van der Waals surface area (Å²) < 4.78 is 32.6. The Hall–Kier alpha value is -3.13. The van der Waals surface area contributed by atoms with Gasteiger partial charge in [0.05, 0.1) is 22.7 Å². The Morgan fingerprint density at radius 3 is 2.37 bits per heavy atom. The van der Waals surface area contributed by atoms with Crippen LogP contribution in [0.3, 0.4) is 0 Å². The molecule has 0 aliphatic carbocycles. The summed E-state index contributed by atoms with van der Waals surface area (Å²) in [6.45, 7) is 8.66. The first-order chi connectivity index (χ1) is 14.0. The van der Waals surface area contributed by atoms with E-state index in [1.54, 1.807) is 30.3 Å². The Balaban J connectivity index is 2.23. The van der Waals surface area contributed by atoms with Gasteiger partial charge in [-0.2, -0.15) is 0 Å². The Kier molecular flexibility index (Phi) is 7.39. The van der Waals surface area contributed by atoms with Crippen LogP contribution < -0.4 is 9.62 Å². The number of hydrogen-bond donors (Lipinski definition) is 1. The van der Waals surface area contributed by atoms with Crippen LogP contribution in [0.5, 0.6) is 0 Å². The van der Waals surface area contributed by atoms with Gasteiger partial charge in [0.15, 0.2) is 6.61 Å². The van der Waals surface area contributed by atoms with Gasteiger partial charge in [0, 0.05) is 5.54 Å². The van der Waals surface area contributed by atoms with Gasteiger partial charge in [0.2, 0.25) is 0 Å². The highest BCUT2D eigenvalue weighted by Gasteiger charge is 2.25. The third kappa shape index (κ3) is 6.18. The van der Waals surface area contributed by atoms with Crippen molar-refractivity contribution in [2.45, 2.75) is 31.2 Å². The number of rotatable bonds is 8. The summed E-state index contributed by atoms with van der Waals surface area (Å²) in [5.41, 5.74) is 0.0549. The van der Waals surface area contributed by atoms with Crippen LogP contribution in [0.15, 0.2) is 72.1 Å². The average molecular weight is 431 g/mol. The van der Waals surface area contributed by atoms with E-state index in [0.717, 1.165) is 0 Å². The first-order valence-electron chi connectivity index (χ1n) is 9.31. The molecule has 1 N–H and O–H groups in total. The lowest BCUT2D eigenvalue weighted by molar-refractivity contribution is -0.125. The molecule has 0 fully saturated rings. The molecule has 2 aromatic rings. The van der Waals surface area contributed by atoms with Crippen molar-refractivity contribution in [2.24, 2.45) is 0 Å². The van der Waals surface area contributed by atoms with E-state index in [0.29, 0.717) is 5.69 Å². The molecule has 2 aromatic carbocycles. The lowest BCUT2D eigenvalue weighted by Crippen LogP contribution is -2.42. The highest BCUT2D eigenvalue weighted by molar-refractivity contribution is 7.92. The van der Waals surface area contributed by atoms with E-state index >= 15 is 0 Å². The largest absolute Gasteiger partial charge is 0.452 e. The first kappa shape index (κ1) is 23.2. The van der Waals surface area contributed by atoms with E-state index in [1.807, 2.05) is 20.8 Å². The molecule has 0 spiro atoms. The van der Waals surface area contributed by atoms with Gasteiger partial charge in [0.25, 0.3) is 15.9 Å². The second-order valence-electron chi connectivity index (χ2n) is 7.56. The zero-order valence-electron chi connectivity index (χ0n) is 17.3. The summed E-state index contributed by atoms with van der Waals surface area (Å²) in [6, 6.07) is 14.1. The molecule has 2 rings (SSSR count). The molecule has 0 bridgehead atoms. The zero-order chi connectivity index (χ0) is 22.4. The van der Waals surface area contributed by atoms with E-state index in [9.17, 15) is 18.0 Å². The molecule has 8 heteroatoms. The van der Waals surface area contributed by atoms with Crippen LogP contribution in [-0.4, -0.2) is 39.0 Å². The SMILES string of the molecule is C=CCN(c1ccccc1)S(=O)(=O)c1cccc(C(=O)OCC(=O)NC(C)(C)C)c1. The van der Waals surface area contributed by atoms with Crippen molar-refractivity contribution in [3.8, 4) is 0 Å². The molecule has 160 valence electrons. The molecule has 0 heterocycles. The summed E-state index contributed by atoms with van der Waals surface area (Å²) in [7, 11) is -3.95. The van der Waals surface area contributed by atoms with E-state index < -0.39 is 34.0 Å². The average Bonchev–Trinajstić information content (AvgIpc) is 2.69. The zero-order valence-corrected chi connectivity index (χ0v) is 18.1. The van der Waals surface area contributed by atoms with Gasteiger partial charge < -0.3 is 10.1 Å². The van der Waals surface area contributed by atoms with Crippen molar-refractivity contribution in [3.63, 3.8) is 0 Å². The molecule has 0 aromatic heterocycles. The van der Waals surface area contributed by atoms with Crippen molar-refractivity contribution in [1.29, 1.82) is 0 Å². The van der Waals surface area contributed by atoms with Crippen molar-refractivity contribution in [3.05, 3.63) is 72.8 Å². The summed E-state index contributed by atoms with van der Waals surface area (Å²) in [5.74, 6) is -1.23. The molecule has 0 saturated heterocycles. The number of hydrogen-bond acceptors (Lipinski definition) is 5. The minimum atomic E-state index is -3.95. The Bertz CT molecular complexity index is 1010. The number of benzene rings is 2. The standard InChI is InChI=1S/C22H26N2O5S/c1-5-14-24(18-11-7-6-8-12-18)30(27,28)19-13-9-10-17(15-19)21(26)29-16-20(25)23-22(2,3)4/h5-13,15H,1,14,16H2,2-4H3,(H,23,25). The monoisotopic (exact) mass is 430 g/mol. The van der Waals surface area contributed by atoms with Crippen LogP contribution in [0, 0.1) is 0 Å². The molecule has 0 saturated carbocycles. The minimum Gasteiger partial charge on any atom is -0.452 e. The molecular weight excluding hydrogens is 404 g/mol. The van der Waals surface area contributed by atoms with Gasteiger partial charge in [-0.05, 0) is 51.1 Å². The van der Waals surface area contributed by atoms with Crippen molar-refractivity contribution in [1.82, 2.24) is 5.32 Å². The first-order valence-corrected chi connectivity index (χ1v) is 10.8. The highest BCUT2D eigenvalue weighted by Crippen LogP contribution is 2.24. The summed E-state index contributed by atoms with van der Waals surface area (Å²) in [5, 5.41) is 2.68. The molecular formula is C22H26N2O5S. The number of amides is 1. The van der Waals surface area contributed by atoms with Crippen LogP contribution in [0.25, 0.3) is 0 Å². The van der Waals surface area contributed by atoms with Gasteiger partial charge in [-0.1, -0.05) is 30.3 Å². The Morgan fingerprint density at radius 1 is 1.10 bits per heavy atom. The predicted octanol–water partition coefficient (Wildman–Crippen LogP) is 3.14. The second-order valence-corrected chi connectivity index (χ2v) is 9.42. The number of nitrogens with zero attached hydrogens (tertiary/aromatic N) is 1. The van der Waals surface area contributed by atoms with Crippen molar-refractivity contribution in [2.75, 3.05) is 17.5 Å². The smallest absolute Gasteiger partial charge is 0.338 e. The quantitative estimate of drug-likeness (QED) is 0.513. The number of sulfonamides is 1. The fourth-order valence-electron chi connectivity index (χ4n) is 2.63. The van der Waals surface area contributed by atoms with Crippen molar-refractivity contribution < 1.29 is 22.7 Å². The fraction of sp³-hybridized carbons (Fsp3) is 0.273. The van der Waals surface area contributed by atoms with E-state index in [-0.39, 0.29) is 17.0 Å². The van der Waals surface area contributed by atoms with E-state index in [4.69, 9.17) is 4.74 Å². The van der Waals surface area contributed by atoms with Gasteiger partial charge >= 0.3 is 5.97 Å². The number of nitrogens with one attached hydrogen (secondary N) is 1. The molecule has 1 amide bonds. The second kappa shape index (κ2) is 9.58. The molecule has 0 aliphatic rings. The van der Waals surface area contributed by atoms with Crippen molar-refractivity contribution >= 4 is 27.6 Å². The van der Waals surface area contributed by atoms with Crippen LogP contribution in [0.4, 0.5) is 5.69 Å². The van der Waals surface area contributed by atoms with Crippen LogP contribution in [-0.2, 0) is 19.6 Å². The molecule has 0 radical (unpaired) electrons. The molecule has 0 aliphatic heterocycles. The topological polar surface area (TPSA) is 92.8 Å². The van der Waals surface area contributed by atoms with E-state index in [1.165, 1.54) is 34.6 Å². The Morgan fingerprint density at radius 2 is 1.77 bits per heavy atom. The van der Waals surface area contributed by atoms with Gasteiger partial charge in [-0.25, -0.2) is 13.2 Å². The van der Waals surface area contributed by atoms with E-state index in [2.05, 4.69) is 11.9 Å². The number of ether oxygens (including phenoxy) is 1. The third-order valence-corrected chi connectivity index (χ3v) is 5.64. The number of esters is 1. The molecule has 7 nitrogen and oxygen atoms in total. The number of para-hydroxylation sites is 1. The van der Waals surface area contributed by atoms with Crippen LogP contribution >= 0.6 is 0 Å². The maximum absolute atomic E-state index is 13.2.